The van der Waals surface area contributed by atoms with Crippen LogP contribution in [0.3, 0.4) is 0 Å². The van der Waals surface area contributed by atoms with Crippen LogP contribution in [0.1, 0.15) is 30.0 Å². The lowest BCUT2D eigenvalue weighted by Gasteiger charge is -2.37. The van der Waals surface area contributed by atoms with E-state index in [-0.39, 0.29) is 5.91 Å². The standard InChI is InChI=1S/C19H23N3O2/c1-15-5-6-18(24-15)7-8-19(23)22-12-10-21(11-13-22)16(2)17-4-3-9-20-14-17/h3-9,14,16H,10-13H2,1-2H3. The summed E-state index contributed by atoms with van der Waals surface area (Å²) in [6.07, 6.45) is 7.04. The summed E-state index contributed by atoms with van der Waals surface area (Å²) in [7, 11) is 0. The molecule has 0 spiro atoms. The van der Waals surface area contributed by atoms with Gasteiger partial charge in [-0.15, -0.1) is 0 Å². The molecular formula is C19H23N3O2. The van der Waals surface area contributed by atoms with E-state index in [4.69, 9.17) is 4.42 Å². The number of hydrogen-bond donors (Lipinski definition) is 0. The molecule has 0 aliphatic carbocycles. The first kappa shape index (κ1) is 16.5. The first-order chi connectivity index (χ1) is 11.6. The molecule has 1 aliphatic rings. The Morgan fingerprint density at radius 3 is 2.67 bits per heavy atom. The van der Waals surface area contributed by atoms with Crippen molar-refractivity contribution in [2.75, 3.05) is 26.2 Å². The van der Waals surface area contributed by atoms with Crippen LogP contribution in [0.2, 0.25) is 0 Å². The summed E-state index contributed by atoms with van der Waals surface area (Å²) in [5.74, 6) is 1.60. The molecule has 1 unspecified atom stereocenters. The smallest absolute Gasteiger partial charge is 0.246 e. The van der Waals surface area contributed by atoms with E-state index in [0.717, 1.165) is 31.9 Å². The van der Waals surface area contributed by atoms with Crippen molar-refractivity contribution in [2.24, 2.45) is 0 Å². The zero-order valence-electron chi connectivity index (χ0n) is 14.2. The Morgan fingerprint density at radius 2 is 2.04 bits per heavy atom. The summed E-state index contributed by atoms with van der Waals surface area (Å²) in [4.78, 5) is 20.8. The number of amides is 1. The molecule has 24 heavy (non-hydrogen) atoms. The molecule has 2 aromatic heterocycles. The zero-order chi connectivity index (χ0) is 16.9. The molecule has 0 saturated carbocycles. The van der Waals surface area contributed by atoms with Gasteiger partial charge in [0.1, 0.15) is 11.5 Å². The Labute approximate surface area is 142 Å². The van der Waals surface area contributed by atoms with Crippen LogP contribution in [0, 0.1) is 6.92 Å². The fourth-order valence-electron chi connectivity index (χ4n) is 2.97. The molecule has 0 N–H and O–H groups in total. The SMILES string of the molecule is Cc1ccc(C=CC(=O)N2CCN(C(C)c3cccnc3)CC2)o1. The van der Waals surface area contributed by atoms with Crippen LogP contribution in [-0.4, -0.2) is 46.9 Å². The summed E-state index contributed by atoms with van der Waals surface area (Å²) in [5.41, 5.74) is 1.21. The Hall–Kier alpha value is -2.40. The second-order valence-corrected chi connectivity index (χ2v) is 6.11. The number of nitrogens with zero attached hydrogens (tertiary/aromatic N) is 3. The second-order valence-electron chi connectivity index (χ2n) is 6.11. The van der Waals surface area contributed by atoms with E-state index in [1.165, 1.54) is 5.56 Å². The molecule has 126 valence electrons. The molecule has 0 radical (unpaired) electrons. The molecule has 5 heteroatoms. The minimum atomic E-state index is 0.0396. The van der Waals surface area contributed by atoms with Crippen molar-refractivity contribution in [3.63, 3.8) is 0 Å². The summed E-state index contributed by atoms with van der Waals surface area (Å²) in [6, 6.07) is 8.14. The van der Waals surface area contributed by atoms with Crippen molar-refractivity contribution < 1.29 is 9.21 Å². The molecule has 3 heterocycles. The van der Waals surface area contributed by atoms with Crippen molar-refractivity contribution in [1.29, 1.82) is 0 Å². The molecule has 3 rings (SSSR count). The highest BCUT2D eigenvalue weighted by molar-refractivity contribution is 5.91. The normalized spacial score (nSPS) is 17.3. The maximum absolute atomic E-state index is 12.3. The van der Waals surface area contributed by atoms with Crippen LogP contribution >= 0.6 is 0 Å². The number of pyridine rings is 1. The van der Waals surface area contributed by atoms with Gasteiger partial charge in [-0.1, -0.05) is 6.07 Å². The Morgan fingerprint density at radius 1 is 1.25 bits per heavy atom. The van der Waals surface area contributed by atoms with E-state index in [0.29, 0.717) is 11.8 Å². The first-order valence-electron chi connectivity index (χ1n) is 8.31. The Bertz CT molecular complexity index is 700. The predicted molar refractivity (Wildman–Crippen MR) is 93.3 cm³/mol. The van der Waals surface area contributed by atoms with E-state index in [1.807, 2.05) is 36.2 Å². The van der Waals surface area contributed by atoms with Crippen LogP contribution in [0.25, 0.3) is 6.08 Å². The number of carbonyl (C=O) groups is 1. The van der Waals surface area contributed by atoms with Crippen molar-refractivity contribution >= 4 is 12.0 Å². The number of carbonyl (C=O) groups excluding carboxylic acids is 1. The van der Waals surface area contributed by atoms with Gasteiger partial charge in [0.15, 0.2) is 0 Å². The third-order valence-electron chi connectivity index (χ3n) is 4.49. The fraction of sp³-hybridized carbons (Fsp3) is 0.368. The van der Waals surface area contributed by atoms with Gasteiger partial charge in [-0.3, -0.25) is 14.7 Å². The van der Waals surface area contributed by atoms with Gasteiger partial charge in [-0.05, 0) is 43.7 Å². The maximum atomic E-state index is 12.3. The van der Waals surface area contributed by atoms with E-state index >= 15 is 0 Å². The van der Waals surface area contributed by atoms with Gasteiger partial charge in [0, 0.05) is 50.7 Å². The lowest BCUT2D eigenvalue weighted by molar-refractivity contribution is -0.127. The molecule has 2 aromatic rings. The van der Waals surface area contributed by atoms with Crippen LogP contribution in [0.4, 0.5) is 0 Å². The Balaban J connectivity index is 1.53. The highest BCUT2D eigenvalue weighted by Gasteiger charge is 2.23. The molecule has 1 fully saturated rings. The summed E-state index contributed by atoms with van der Waals surface area (Å²) >= 11 is 0. The van der Waals surface area contributed by atoms with Crippen LogP contribution in [-0.2, 0) is 4.79 Å². The summed E-state index contributed by atoms with van der Waals surface area (Å²) in [6.45, 7) is 7.30. The van der Waals surface area contributed by atoms with Crippen molar-refractivity contribution in [3.8, 4) is 0 Å². The lowest BCUT2D eigenvalue weighted by Crippen LogP contribution is -2.48. The van der Waals surface area contributed by atoms with Gasteiger partial charge in [0.05, 0.1) is 0 Å². The minimum Gasteiger partial charge on any atom is -0.462 e. The van der Waals surface area contributed by atoms with E-state index in [2.05, 4.69) is 22.9 Å². The molecule has 1 saturated heterocycles. The number of piperazine rings is 1. The van der Waals surface area contributed by atoms with Gasteiger partial charge < -0.3 is 9.32 Å². The van der Waals surface area contributed by atoms with Gasteiger partial charge >= 0.3 is 0 Å². The van der Waals surface area contributed by atoms with Crippen molar-refractivity contribution in [3.05, 3.63) is 59.8 Å². The van der Waals surface area contributed by atoms with Crippen LogP contribution in [0.5, 0.6) is 0 Å². The number of furan rings is 1. The van der Waals surface area contributed by atoms with Gasteiger partial charge in [-0.25, -0.2) is 0 Å². The third-order valence-corrected chi connectivity index (χ3v) is 4.49. The molecule has 0 bridgehead atoms. The van der Waals surface area contributed by atoms with Crippen LogP contribution < -0.4 is 0 Å². The monoisotopic (exact) mass is 325 g/mol. The quantitative estimate of drug-likeness (QED) is 0.811. The zero-order valence-corrected chi connectivity index (χ0v) is 14.2. The largest absolute Gasteiger partial charge is 0.462 e. The number of rotatable bonds is 4. The van der Waals surface area contributed by atoms with Gasteiger partial charge in [-0.2, -0.15) is 0 Å². The van der Waals surface area contributed by atoms with E-state index < -0.39 is 0 Å². The molecule has 1 atom stereocenters. The highest BCUT2D eigenvalue weighted by Crippen LogP contribution is 2.20. The minimum absolute atomic E-state index is 0.0396. The fourth-order valence-corrected chi connectivity index (χ4v) is 2.97. The number of aromatic nitrogens is 1. The molecular weight excluding hydrogens is 302 g/mol. The average Bonchev–Trinajstić information content (AvgIpc) is 3.05. The van der Waals surface area contributed by atoms with E-state index in [9.17, 15) is 4.79 Å². The summed E-state index contributed by atoms with van der Waals surface area (Å²) < 4.78 is 5.45. The first-order valence-corrected chi connectivity index (χ1v) is 8.31. The molecule has 1 amide bonds. The second kappa shape index (κ2) is 7.45. The van der Waals surface area contributed by atoms with E-state index in [1.54, 1.807) is 18.3 Å². The number of hydrogen-bond acceptors (Lipinski definition) is 4. The topological polar surface area (TPSA) is 49.6 Å². The van der Waals surface area contributed by atoms with Crippen molar-refractivity contribution in [1.82, 2.24) is 14.8 Å². The van der Waals surface area contributed by atoms with Gasteiger partial charge in [0.25, 0.3) is 0 Å². The molecule has 5 nitrogen and oxygen atoms in total. The van der Waals surface area contributed by atoms with Gasteiger partial charge in [0.2, 0.25) is 5.91 Å². The average molecular weight is 325 g/mol. The molecule has 0 aromatic carbocycles. The lowest BCUT2D eigenvalue weighted by atomic mass is 10.1. The maximum Gasteiger partial charge on any atom is 0.246 e. The highest BCUT2D eigenvalue weighted by atomic mass is 16.3. The number of aryl methyl sites for hydroxylation is 1. The third kappa shape index (κ3) is 3.92. The van der Waals surface area contributed by atoms with Crippen molar-refractivity contribution in [2.45, 2.75) is 19.9 Å². The predicted octanol–water partition coefficient (Wildman–Crippen LogP) is 2.90. The summed E-state index contributed by atoms with van der Waals surface area (Å²) in [5, 5.41) is 0. The Kier molecular flexibility index (Phi) is 5.11. The van der Waals surface area contributed by atoms with Crippen LogP contribution in [0.15, 0.2) is 47.2 Å². The molecule has 1 aliphatic heterocycles.